The Labute approximate surface area is 190 Å². The first-order valence-electron chi connectivity index (χ1n) is 10.9. The molecule has 0 amide bonds. The summed E-state index contributed by atoms with van der Waals surface area (Å²) < 4.78 is 15.3. The molecule has 33 heavy (non-hydrogen) atoms. The zero-order valence-corrected chi connectivity index (χ0v) is 18.0. The quantitative estimate of drug-likeness (QED) is 0.188. The van der Waals surface area contributed by atoms with Gasteiger partial charge in [-0.05, 0) is 0 Å². The number of rotatable bonds is 4. The number of ether oxygens (including phenoxy) is 3. The topological polar surface area (TPSA) is 202 Å². The van der Waals surface area contributed by atoms with Gasteiger partial charge in [-0.1, -0.05) is 0 Å². The van der Waals surface area contributed by atoms with Gasteiger partial charge in [-0.2, -0.15) is 0 Å². The standard InChI is InChI=1S/C12H22O11.C6H12N4/c13-1-3-5(15)6(16)9(19)12(22-3)23-10-4(2-14)21-11(20)8(18)7(10)17;1-7-2-9-4-8(1)5-10(3-7)6-9/h3-20H,1-2H2;1-6H2/t3-,4-,5+,6+,7-,8-,9-,10-,11-,12+;/m1./s1. The minimum Gasteiger partial charge on any atom is -0.394 e. The van der Waals surface area contributed by atoms with Gasteiger partial charge in [0.25, 0.3) is 0 Å². The zero-order chi connectivity index (χ0) is 23.9. The lowest BCUT2D eigenvalue weighted by Gasteiger charge is -2.56. The van der Waals surface area contributed by atoms with E-state index in [1.165, 1.54) is 40.0 Å². The molecule has 6 aliphatic rings. The van der Waals surface area contributed by atoms with E-state index in [9.17, 15) is 35.7 Å². The normalized spacial score (nSPS) is 53.5. The van der Waals surface area contributed by atoms with E-state index in [-0.39, 0.29) is 0 Å². The molecule has 0 saturated carbocycles. The average molecular weight is 482 g/mol. The molecular weight excluding hydrogens is 448 g/mol. The lowest BCUT2D eigenvalue weighted by atomic mass is 9.97. The van der Waals surface area contributed by atoms with Crippen LogP contribution in [0.5, 0.6) is 0 Å². The molecule has 192 valence electrons. The Hall–Kier alpha value is -0.600. The van der Waals surface area contributed by atoms with Gasteiger partial charge in [0.05, 0.1) is 53.2 Å². The van der Waals surface area contributed by atoms with Crippen molar-refractivity contribution in [3.63, 3.8) is 0 Å². The Morgan fingerprint density at radius 2 is 1.06 bits per heavy atom. The van der Waals surface area contributed by atoms with Crippen LogP contribution < -0.4 is 0 Å². The van der Waals surface area contributed by atoms with E-state index in [0.29, 0.717) is 0 Å². The summed E-state index contributed by atoms with van der Waals surface area (Å²) in [5, 5.41) is 76.5. The van der Waals surface area contributed by atoms with Crippen LogP contribution in [-0.2, 0) is 14.2 Å². The molecule has 8 N–H and O–H groups in total. The molecule has 15 nitrogen and oxygen atoms in total. The highest BCUT2D eigenvalue weighted by molar-refractivity contribution is 4.93. The molecule has 0 aromatic carbocycles. The highest BCUT2D eigenvalue weighted by Gasteiger charge is 2.50. The summed E-state index contributed by atoms with van der Waals surface area (Å²) in [6.07, 6.45) is -15.6. The van der Waals surface area contributed by atoms with Gasteiger partial charge in [0.2, 0.25) is 0 Å². The van der Waals surface area contributed by atoms with E-state index >= 15 is 0 Å². The van der Waals surface area contributed by atoms with E-state index in [2.05, 4.69) is 19.6 Å². The fourth-order valence-electron chi connectivity index (χ4n) is 4.80. The highest BCUT2D eigenvalue weighted by atomic mass is 16.7. The molecule has 0 aliphatic carbocycles. The van der Waals surface area contributed by atoms with Gasteiger partial charge in [-0.25, -0.2) is 0 Å². The predicted molar refractivity (Wildman–Crippen MR) is 105 cm³/mol. The van der Waals surface area contributed by atoms with Crippen LogP contribution in [-0.4, -0.2) is 175 Å². The van der Waals surface area contributed by atoms with Crippen molar-refractivity contribution in [2.75, 3.05) is 53.2 Å². The number of hydrogen-bond donors (Lipinski definition) is 8. The zero-order valence-electron chi connectivity index (χ0n) is 18.0. The third-order valence-electron chi connectivity index (χ3n) is 6.38. The Balaban J connectivity index is 0.000000210. The van der Waals surface area contributed by atoms with Crippen molar-refractivity contribution in [3.05, 3.63) is 0 Å². The molecule has 15 heteroatoms. The van der Waals surface area contributed by atoms with Crippen LogP contribution in [0.15, 0.2) is 0 Å². The second-order valence-corrected chi connectivity index (χ2v) is 9.06. The highest BCUT2D eigenvalue weighted by Crippen LogP contribution is 2.28. The number of nitrogens with zero attached hydrogens (tertiary/aromatic N) is 4. The fourth-order valence-corrected chi connectivity index (χ4v) is 4.80. The molecule has 6 saturated heterocycles. The molecule has 6 aliphatic heterocycles. The largest absolute Gasteiger partial charge is 0.394 e. The minimum atomic E-state index is -1.74. The Kier molecular flexibility index (Phi) is 8.16. The molecule has 6 heterocycles. The second kappa shape index (κ2) is 10.6. The summed E-state index contributed by atoms with van der Waals surface area (Å²) in [4.78, 5) is 9.88. The second-order valence-electron chi connectivity index (χ2n) is 9.06. The van der Waals surface area contributed by atoms with Crippen LogP contribution in [0.25, 0.3) is 0 Å². The lowest BCUT2D eigenvalue weighted by Crippen LogP contribution is -2.71. The van der Waals surface area contributed by atoms with Crippen molar-refractivity contribution in [1.82, 2.24) is 19.6 Å². The van der Waals surface area contributed by atoms with Crippen LogP contribution in [0.1, 0.15) is 0 Å². The van der Waals surface area contributed by atoms with Crippen LogP contribution in [0.4, 0.5) is 0 Å². The minimum absolute atomic E-state index is 0.667. The van der Waals surface area contributed by atoms with Gasteiger partial charge in [-0.15, -0.1) is 0 Å². The Bertz CT molecular complexity index is 590. The average Bonchev–Trinajstić information content (AvgIpc) is 2.78. The first kappa shape index (κ1) is 25.5. The summed E-state index contributed by atoms with van der Waals surface area (Å²) in [6.45, 7) is 5.78. The molecule has 6 fully saturated rings. The molecule has 0 aromatic heterocycles. The maximum absolute atomic E-state index is 9.94. The summed E-state index contributed by atoms with van der Waals surface area (Å²) in [5.74, 6) is 0. The van der Waals surface area contributed by atoms with Crippen molar-refractivity contribution in [3.8, 4) is 0 Å². The molecule has 4 bridgehead atoms. The fraction of sp³-hybridized carbons (Fsp3) is 1.00. The Morgan fingerprint density at radius 1 is 0.576 bits per heavy atom. The maximum Gasteiger partial charge on any atom is 0.187 e. The maximum atomic E-state index is 9.94. The van der Waals surface area contributed by atoms with Gasteiger partial charge in [0.1, 0.15) is 48.8 Å². The molecule has 10 atom stereocenters. The van der Waals surface area contributed by atoms with E-state index in [4.69, 9.17) is 19.3 Å². The molecule has 6 rings (SSSR count). The number of hydrogen-bond acceptors (Lipinski definition) is 15. The van der Waals surface area contributed by atoms with Crippen molar-refractivity contribution in [2.45, 2.75) is 61.4 Å². The first-order chi connectivity index (χ1) is 15.7. The third-order valence-corrected chi connectivity index (χ3v) is 6.38. The summed E-state index contributed by atoms with van der Waals surface area (Å²) in [7, 11) is 0. The van der Waals surface area contributed by atoms with Crippen molar-refractivity contribution < 1.29 is 55.1 Å². The Morgan fingerprint density at radius 3 is 1.52 bits per heavy atom. The summed E-state index contributed by atoms with van der Waals surface area (Å²) in [6, 6.07) is 0. The number of aliphatic hydroxyl groups excluding tert-OH is 8. The van der Waals surface area contributed by atoms with Gasteiger partial charge in [-0.3, -0.25) is 19.6 Å². The van der Waals surface area contributed by atoms with Gasteiger partial charge < -0.3 is 55.1 Å². The van der Waals surface area contributed by atoms with Crippen LogP contribution in [0.2, 0.25) is 0 Å². The summed E-state index contributed by atoms with van der Waals surface area (Å²) in [5.41, 5.74) is 0. The SMILES string of the molecule is C1N2CN3CN1CN(C2)C3.OC[C@H]1O[C@@H](O[C@H]2[C@H](O)[C@@H](O)[C@H](O)O[C@@H]2CO)[C@H](O)[C@@H](O)[C@H]1O. The van der Waals surface area contributed by atoms with Crippen LogP contribution in [0, 0.1) is 0 Å². The monoisotopic (exact) mass is 482 g/mol. The molecular formula is C18H34N4O11. The van der Waals surface area contributed by atoms with Crippen molar-refractivity contribution >= 4 is 0 Å². The van der Waals surface area contributed by atoms with Crippen LogP contribution in [0.3, 0.4) is 0 Å². The van der Waals surface area contributed by atoms with Gasteiger partial charge >= 0.3 is 0 Å². The van der Waals surface area contributed by atoms with E-state index in [1.807, 2.05) is 0 Å². The van der Waals surface area contributed by atoms with Crippen molar-refractivity contribution in [2.24, 2.45) is 0 Å². The van der Waals surface area contributed by atoms with Crippen LogP contribution >= 0.6 is 0 Å². The van der Waals surface area contributed by atoms with Gasteiger partial charge in [0, 0.05) is 0 Å². The molecule has 0 aromatic rings. The molecule has 0 unspecified atom stereocenters. The predicted octanol–water partition coefficient (Wildman–Crippen LogP) is -6.42. The summed E-state index contributed by atoms with van der Waals surface area (Å²) >= 11 is 0. The smallest absolute Gasteiger partial charge is 0.187 e. The van der Waals surface area contributed by atoms with E-state index < -0.39 is 74.6 Å². The third kappa shape index (κ3) is 5.32. The number of aliphatic hydroxyl groups is 8. The van der Waals surface area contributed by atoms with E-state index in [1.54, 1.807) is 0 Å². The van der Waals surface area contributed by atoms with Gasteiger partial charge in [0.15, 0.2) is 12.6 Å². The molecule has 0 radical (unpaired) electrons. The molecule has 0 spiro atoms. The first-order valence-corrected chi connectivity index (χ1v) is 10.9. The van der Waals surface area contributed by atoms with Crippen molar-refractivity contribution in [1.29, 1.82) is 0 Å². The lowest BCUT2D eigenvalue weighted by molar-refractivity contribution is -0.355. The van der Waals surface area contributed by atoms with E-state index in [0.717, 1.165) is 0 Å².